The van der Waals surface area contributed by atoms with Crippen molar-refractivity contribution in [2.24, 2.45) is 0 Å². The quantitative estimate of drug-likeness (QED) is 0.653. The molecular formula is C16H15ClN2O4. The fraction of sp³-hybridized carbons (Fsp3) is 0.188. The molecule has 2 aromatic carbocycles. The van der Waals surface area contributed by atoms with E-state index in [1.807, 2.05) is 13.8 Å². The van der Waals surface area contributed by atoms with Gasteiger partial charge in [-0.15, -0.1) is 0 Å². The molecule has 0 spiro atoms. The number of nitro benzene ring substituents is 1. The average molecular weight is 335 g/mol. The summed E-state index contributed by atoms with van der Waals surface area (Å²) in [7, 11) is 0. The molecule has 0 atom stereocenters. The Morgan fingerprint density at radius 2 is 1.87 bits per heavy atom. The van der Waals surface area contributed by atoms with Gasteiger partial charge < -0.3 is 10.1 Å². The van der Waals surface area contributed by atoms with Crippen LogP contribution in [0.5, 0.6) is 5.75 Å². The van der Waals surface area contributed by atoms with Crippen molar-refractivity contribution in [3.8, 4) is 5.75 Å². The van der Waals surface area contributed by atoms with Crippen molar-refractivity contribution in [3.63, 3.8) is 0 Å². The zero-order valence-electron chi connectivity index (χ0n) is 12.6. The second-order valence-corrected chi connectivity index (χ2v) is 5.47. The Hall–Kier alpha value is -2.60. The molecule has 6 nitrogen and oxygen atoms in total. The van der Waals surface area contributed by atoms with Crippen molar-refractivity contribution in [1.82, 2.24) is 0 Å². The standard InChI is InChI=1S/C16H15ClN2O4/c1-10(2)23-13-6-3-11(4-7-13)18-16(20)14-9-12(19(21)22)5-8-15(14)17/h3-10H,1-2H3,(H,18,20). The number of anilines is 1. The molecule has 0 aliphatic heterocycles. The highest BCUT2D eigenvalue weighted by molar-refractivity contribution is 6.34. The van der Waals surface area contributed by atoms with Gasteiger partial charge in [0.25, 0.3) is 11.6 Å². The molecule has 0 saturated carbocycles. The van der Waals surface area contributed by atoms with Crippen LogP contribution in [0, 0.1) is 10.1 Å². The molecule has 0 aromatic heterocycles. The molecule has 1 N–H and O–H groups in total. The molecule has 7 heteroatoms. The number of carbonyl (C=O) groups excluding carboxylic acids is 1. The third-order valence-electron chi connectivity index (χ3n) is 2.89. The summed E-state index contributed by atoms with van der Waals surface area (Å²) < 4.78 is 5.51. The van der Waals surface area contributed by atoms with Crippen molar-refractivity contribution < 1.29 is 14.5 Å². The van der Waals surface area contributed by atoms with Gasteiger partial charge in [0, 0.05) is 17.8 Å². The average Bonchev–Trinajstić information content (AvgIpc) is 2.48. The predicted molar refractivity (Wildman–Crippen MR) is 88.3 cm³/mol. The fourth-order valence-electron chi connectivity index (χ4n) is 1.89. The molecule has 0 heterocycles. The van der Waals surface area contributed by atoms with Crippen LogP contribution < -0.4 is 10.1 Å². The topological polar surface area (TPSA) is 81.5 Å². The minimum Gasteiger partial charge on any atom is -0.491 e. The first-order valence-corrected chi connectivity index (χ1v) is 7.26. The van der Waals surface area contributed by atoms with Gasteiger partial charge in [-0.05, 0) is 44.2 Å². The van der Waals surface area contributed by atoms with Crippen LogP contribution in [0.3, 0.4) is 0 Å². The number of nitro groups is 1. The smallest absolute Gasteiger partial charge is 0.270 e. The zero-order valence-corrected chi connectivity index (χ0v) is 13.3. The second-order valence-electron chi connectivity index (χ2n) is 5.07. The molecule has 1 amide bonds. The molecule has 120 valence electrons. The maximum absolute atomic E-state index is 12.2. The summed E-state index contributed by atoms with van der Waals surface area (Å²) in [6.45, 7) is 3.83. The first kappa shape index (κ1) is 16.8. The number of rotatable bonds is 5. The Balaban J connectivity index is 2.15. The molecule has 0 aliphatic carbocycles. The van der Waals surface area contributed by atoms with Crippen LogP contribution in [0.2, 0.25) is 5.02 Å². The minimum absolute atomic E-state index is 0.0448. The summed E-state index contributed by atoms with van der Waals surface area (Å²) in [5, 5.41) is 13.6. The molecule has 0 radical (unpaired) electrons. The summed E-state index contributed by atoms with van der Waals surface area (Å²) in [5.41, 5.74) is 0.386. The third-order valence-corrected chi connectivity index (χ3v) is 3.22. The Bertz CT molecular complexity index is 729. The van der Waals surface area contributed by atoms with E-state index in [1.54, 1.807) is 24.3 Å². The van der Waals surface area contributed by atoms with Gasteiger partial charge in [-0.2, -0.15) is 0 Å². The Kier molecular flexibility index (Phi) is 5.18. The SMILES string of the molecule is CC(C)Oc1ccc(NC(=O)c2cc([N+](=O)[O-])ccc2Cl)cc1. The highest BCUT2D eigenvalue weighted by Crippen LogP contribution is 2.24. The van der Waals surface area contributed by atoms with E-state index >= 15 is 0 Å². The largest absolute Gasteiger partial charge is 0.491 e. The first-order chi connectivity index (χ1) is 10.9. The molecular weight excluding hydrogens is 320 g/mol. The van der Waals surface area contributed by atoms with Crippen molar-refractivity contribution in [2.75, 3.05) is 5.32 Å². The normalized spacial score (nSPS) is 10.4. The summed E-state index contributed by atoms with van der Waals surface area (Å²) >= 11 is 5.94. The van der Waals surface area contributed by atoms with E-state index in [9.17, 15) is 14.9 Å². The van der Waals surface area contributed by atoms with Gasteiger partial charge in [0.2, 0.25) is 0 Å². The molecule has 2 aromatic rings. The van der Waals surface area contributed by atoms with Gasteiger partial charge in [0.1, 0.15) is 5.75 Å². The van der Waals surface area contributed by atoms with Crippen LogP contribution in [0.4, 0.5) is 11.4 Å². The molecule has 0 bridgehead atoms. The van der Waals surface area contributed by atoms with Gasteiger partial charge in [0.15, 0.2) is 0 Å². The maximum Gasteiger partial charge on any atom is 0.270 e. The highest BCUT2D eigenvalue weighted by Gasteiger charge is 2.16. The lowest BCUT2D eigenvalue weighted by Crippen LogP contribution is -2.13. The van der Waals surface area contributed by atoms with Crippen LogP contribution in [0.15, 0.2) is 42.5 Å². The monoisotopic (exact) mass is 334 g/mol. The van der Waals surface area contributed by atoms with E-state index in [1.165, 1.54) is 12.1 Å². The number of amides is 1. The third kappa shape index (κ3) is 4.43. The first-order valence-electron chi connectivity index (χ1n) is 6.89. The number of halogens is 1. The molecule has 2 rings (SSSR count). The van der Waals surface area contributed by atoms with E-state index in [0.29, 0.717) is 11.4 Å². The van der Waals surface area contributed by atoms with Crippen molar-refractivity contribution in [2.45, 2.75) is 20.0 Å². The fourth-order valence-corrected chi connectivity index (χ4v) is 2.09. The Morgan fingerprint density at radius 3 is 2.43 bits per heavy atom. The van der Waals surface area contributed by atoms with E-state index < -0.39 is 10.8 Å². The van der Waals surface area contributed by atoms with Crippen molar-refractivity contribution >= 4 is 28.9 Å². The lowest BCUT2D eigenvalue weighted by molar-refractivity contribution is -0.384. The van der Waals surface area contributed by atoms with E-state index in [-0.39, 0.29) is 22.4 Å². The Morgan fingerprint density at radius 1 is 1.22 bits per heavy atom. The number of carbonyl (C=O) groups is 1. The summed E-state index contributed by atoms with van der Waals surface area (Å²) in [5.74, 6) is 0.169. The lowest BCUT2D eigenvalue weighted by Gasteiger charge is -2.11. The van der Waals surface area contributed by atoms with Gasteiger partial charge in [0.05, 0.1) is 21.6 Å². The van der Waals surface area contributed by atoms with Crippen LogP contribution >= 0.6 is 11.6 Å². The van der Waals surface area contributed by atoms with Crippen LogP contribution in [0.1, 0.15) is 24.2 Å². The van der Waals surface area contributed by atoms with E-state index in [0.717, 1.165) is 6.07 Å². The highest BCUT2D eigenvalue weighted by atomic mass is 35.5. The predicted octanol–water partition coefficient (Wildman–Crippen LogP) is 4.29. The summed E-state index contributed by atoms with van der Waals surface area (Å²) in [6.07, 6.45) is 0.0547. The molecule has 0 aliphatic rings. The second kappa shape index (κ2) is 7.11. The number of nitrogens with one attached hydrogen (secondary N) is 1. The zero-order chi connectivity index (χ0) is 17.0. The number of non-ortho nitro benzene ring substituents is 1. The Labute approximate surface area is 138 Å². The minimum atomic E-state index is -0.578. The summed E-state index contributed by atoms with van der Waals surface area (Å²) in [6, 6.07) is 10.5. The van der Waals surface area contributed by atoms with Gasteiger partial charge >= 0.3 is 0 Å². The van der Waals surface area contributed by atoms with Gasteiger partial charge in [-0.1, -0.05) is 11.6 Å². The van der Waals surface area contributed by atoms with Crippen LogP contribution in [-0.2, 0) is 0 Å². The number of nitrogens with zero attached hydrogens (tertiary/aromatic N) is 1. The molecule has 0 unspecified atom stereocenters. The molecule has 0 saturated heterocycles. The van der Waals surface area contributed by atoms with Crippen LogP contribution in [-0.4, -0.2) is 16.9 Å². The van der Waals surface area contributed by atoms with Gasteiger partial charge in [-0.3, -0.25) is 14.9 Å². The number of hydrogen-bond acceptors (Lipinski definition) is 4. The summed E-state index contributed by atoms with van der Waals surface area (Å²) in [4.78, 5) is 22.4. The van der Waals surface area contributed by atoms with Crippen molar-refractivity contribution in [3.05, 3.63) is 63.2 Å². The maximum atomic E-state index is 12.2. The number of hydrogen-bond donors (Lipinski definition) is 1. The number of benzene rings is 2. The van der Waals surface area contributed by atoms with E-state index in [4.69, 9.17) is 16.3 Å². The van der Waals surface area contributed by atoms with Gasteiger partial charge in [-0.25, -0.2) is 0 Å². The molecule has 0 fully saturated rings. The lowest BCUT2D eigenvalue weighted by atomic mass is 10.2. The molecule has 23 heavy (non-hydrogen) atoms. The van der Waals surface area contributed by atoms with Crippen LogP contribution in [0.25, 0.3) is 0 Å². The van der Waals surface area contributed by atoms with Crippen molar-refractivity contribution in [1.29, 1.82) is 0 Å². The number of ether oxygens (including phenoxy) is 1. The van der Waals surface area contributed by atoms with E-state index in [2.05, 4.69) is 5.32 Å².